The molecule has 0 saturated carbocycles. The maximum atomic E-state index is 5.24. The van der Waals surface area contributed by atoms with Crippen molar-refractivity contribution in [3.8, 4) is 5.75 Å². The van der Waals surface area contributed by atoms with Crippen molar-refractivity contribution in [2.75, 3.05) is 32.6 Å². The Bertz CT molecular complexity index is 354. The van der Waals surface area contributed by atoms with Crippen LogP contribution < -0.4 is 10.1 Å². The molecule has 94 valence electrons. The van der Waals surface area contributed by atoms with Crippen LogP contribution in [0.15, 0.2) is 24.3 Å². The van der Waals surface area contributed by atoms with Gasteiger partial charge in [-0.3, -0.25) is 0 Å². The van der Waals surface area contributed by atoms with Crippen molar-refractivity contribution in [2.24, 2.45) is 0 Å². The van der Waals surface area contributed by atoms with Gasteiger partial charge in [-0.2, -0.15) is 0 Å². The lowest BCUT2D eigenvalue weighted by atomic mass is 10.1. The Labute approximate surface area is 104 Å². The third kappa shape index (κ3) is 3.63. The summed E-state index contributed by atoms with van der Waals surface area (Å²) in [6.07, 6.45) is 3.74. The first-order valence-electron chi connectivity index (χ1n) is 6.37. The molecule has 1 heterocycles. The Morgan fingerprint density at radius 2 is 2.18 bits per heavy atom. The SMILES string of the molecule is COc1cccc(NC2CCCN(C)CC2)c1. The number of hydrogen-bond donors (Lipinski definition) is 1. The first kappa shape index (κ1) is 12.2. The summed E-state index contributed by atoms with van der Waals surface area (Å²) < 4.78 is 5.24. The van der Waals surface area contributed by atoms with Crippen molar-refractivity contribution in [1.29, 1.82) is 0 Å². The van der Waals surface area contributed by atoms with Gasteiger partial charge >= 0.3 is 0 Å². The minimum Gasteiger partial charge on any atom is -0.497 e. The third-order valence-corrected chi connectivity index (χ3v) is 3.39. The van der Waals surface area contributed by atoms with Crippen LogP contribution >= 0.6 is 0 Å². The van der Waals surface area contributed by atoms with Crippen molar-refractivity contribution in [3.63, 3.8) is 0 Å². The molecule has 3 nitrogen and oxygen atoms in total. The molecule has 2 rings (SSSR count). The van der Waals surface area contributed by atoms with Crippen LogP contribution in [0.2, 0.25) is 0 Å². The smallest absolute Gasteiger partial charge is 0.120 e. The van der Waals surface area contributed by atoms with E-state index in [1.165, 1.54) is 38.0 Å². The Kier molecular flexibility index (Phi) is 4.26. The molecule has 1 aliphatic rings. The lowest BCUT2D eigenvalue weighted by Crippen LogP contribution is -2.22. The van der Waals surface area contributed by atoms with E-state index < -0.39 is 0 Å². The Balaban J connectivity index is 1.94. The molecule has 0 aliphatic carbocycles. The zero-order valence-electron chi connectivity index (χ0n) is 10.8. The first-order valence-corrected chi connectivity index (χ1v) is 6.37. The number of benzene rings is 1. The average Bonchev–Trinajstić information content (AvgIpc) is 2.55. The fourth-order valence-corrected chi connectivity index (χ4v) is 2.33. The van der Waals surface area contributed by atoms with Crippen LogP contribution in [0.4, 0.5) is 5.69 Å². The molecule has 0 spiro atoms. The molecule has 0 aromatic heterocycles. The minimum atomic E-state index is 0.590. The fourth-order valence-electron chi connectivity index (χ4n) is 2.33. The van der Waals surface area contributed by atoms with Crippen LogP contribution in [-0.2, 0) is 0 Å². The van der Waals surface area contributed by atoms with Gasteiger partial charge in [0.15, 0.2) is 0 Å². The summed E-state index contributed by atoms with van der Waals surface area (Å²) in [6.45, 7) is 2.40. The molecule has 1 saturated heterocycles. The van der Waals surface area contributed by atoms with Gasteiger partial charge in [0.1, 0.15) is 5.75 Å². The lowest BCUT2D eigenvalue weighted by molar-refractivity contribution is 0.348. The highest BCUT2D eigenvalue weighted by Gasteiger charge is 2.14. The summed E-state index contributed by atoms with van der Waals surface area (Å²) in [5.41, 5.74) is 1.17. The zero-order chi connectivity index (χ0) is 12.1. The molecule has 1 fully saturated rings. The summed E-state index contributed by atoms with van der Waals surface area (Å²) >= 11 is 0. The van der Waals surface area contributed by atoms with Crippen LogP contribution in [0.5, 0.6) is 5.75 Å². The Morgan fingerprint density at radius 1 is 1.29 bits per heavy atom. The predicted octanol–water partition coefficient (Wildman–Crippen LogP) is 2.59. The molecule has 1 aromatic rings. The number of hydrogen-bond acceptors (Lipinski definition) is 3. The van der Waals surface area contributed by atoms with E-state index in [1.54, 1.807) is 7.11 Å². The van der Waals surface area contributed by atoms with E-state index in [0.717, 1.165) is 5.75 Å². The summed E-state index contributed by atoms with van der Waals surface area (Å²) in [6, 6.07) is 8.77. The standard InChI is InChI=1S/C14H22N2O/c1-16-9-4-6-12(8-10-16)15-13-5-3-7-14(11-13)17-2/h3,5,7,11-12,15H,4,6,8-10H2,1-2H3. The van der Waals surface area contributed by atoms with E-state index in [2.05, 4.69) is 29.4 Å². The maximum Gasteiger partial charge on any atom is 0.120 e. The zero-order valence-corrected chi connectivity index (χ0v) is 10.8. The van der Waals surface area contributed by atoms with Gasteiger partial charge in [-0.1, -0.05) is 6.07 Å². The van der Waals surface area contributed by atoms with Gasteiger partial charge in [-0.05, 0) is 51.5 Å². The van der Waals surface area contributed by atoms with Crippen LogP contribution in [0.3, 0.4) is 0 Å². The highest BCUT2D eigenvalue weighted by atomic mass is 16.5. The van der Waals surface area contributed by atoms with Gasteiger partial charge in [0.25, 0.3) is 0 Å². The molecule has 0 amide bonds. The molecule has 0 radical (unpaired) electrons. The van der Waals surface area contributed by atoms with E-state index in [4.69, 9.17) is 4.74 Å². The Morgan fingerprint density at radius 3 is 3.00 bits per heavy atom. The van der Waals surface area contributed by atoms with Crippen molar-refractivity contribution < 1.29 is 4.74 Å². The molecular weight excluding hydrogens is 212 g/mol. The van der Waals surface area contributed by atoms with Gasteiger partial charge in [-0.25, -0.2) is 0 Å². The van der Waals surface area contributed by atoms with Crippen molar-refractivity contribution in [3.05, 3.63) is 24.3 Å². The summed E-state index contributed by atoms with van der Waals surface area (Å²) in [5.74, 6) is 0.917. The van der Waals surface area contributed by atoms with E-state index >= 15 is 0 Å². The fraction of sp³-hybridized carbons (Fsp3) is 0.571. The second-order valence-electron chi connectivity index (χ2n) is 4.81. The molecule has 1 aromatic carbocycles. The summed E-state index contributed by atoms with van der Waals surface area (Å²) in [4.78, 5) is 2.41. The molecule has 0 bridgehead atoms. The number of ether oxygens (including phenoxy) is 1. The lowest BCUT2D eigenvalue weighted by Gasteiger charge is -2.18. The average molecular weight is 234 g/mol. The highest BCUT2D eigenvalue weighted by molar-refractivity contribution is 5.48. The summed E-state index contributed by atoms with van der Waals surface area (Å²) in [5, 5.41) is 3.61. The third-order valence-electron chi connectivity index (χ3n) is 3.39. The van der Waals surface area contributed by atoms with E-state index in [0.29, 0.717) is 6.04 Å². The molecule has 1 N–H and O–H groups in total. The number of anilines is 1. The minimum absolute atomic E-state index is 0.590. The van der Waals surface area contributed by atoms with Gasteiger partial charge in [-0.15, -0.1) is 0 Å². The molecule has 1 aliphatic heterocycles. The topological polar surface area (TPSA) is 24.5 Å². The number of methoxy groups -OCH3 is 1. The number of nitrogens with zero attached hydrogens (tertiary/aromatic N) is 1. The van der Waals surface area contributed by atoms with E-state index in [1.807, 2.05) is 12.1 Å². The monoisotopic (exact) mass is 234 g/mol. The van der Waals surface area contributed by atoms with Gasteiger partial charge in [0.05, 0.1) is 7.11 Å². The van der Waals surface area contributed by atoms with Crippen LogP contribution in [0.25, 0.3) is 0 Å². The number of nitrogens with one attached hydrogen (secondary N) is 1. The number of likely N-dealkylation sites (tertiary alicyclic amines) is 1. The van der Waals surface area contributed by atoms with E-state index in [-0.39, 0.29) is 0 Å². The van der Waals surface area contributed by atoms with Crippen molar-refractivity contribution >= 4 is 5.69 Å². The first-order chi connectivity index (χ1) is 8.28. The van der Waals surface area contributed by atoms with Gasteiger partial charge in [0, 0.05) is 17.8 Å². The van der Waals surface area contributed by atoms with Crippen LogP contribution in [0, 0.1) is 0 Å². The molecule has 17 heavy (non-hydrogen) atoms. The number of rotatable bonds is 3. The van der Waals surface area contributed by atoms with Crippen LogP contribution in [0.1, 0.15) is 19.3 Å². The maximum absolute atomic E-state index is 5.24. The predicted molar refractivity (Wildman–Crippen MR) is 71.8 cm³/mol. The normalized spacial score (nSPS) is 21.9. The molecule has 3 heteroatoms. The summed E-state index contributed by atoms with van der Waals surface area (Å²) in [7, 11) is 3.91. The van der Waals surface area contributed by atoms with Gasteiger partial charge < -0.3 is 15.0 Å². The van der Waals surface area contributed by atoms with Crippen molar-refractivity contribution in [1.82, 2.24) is 4.90 Å². The molecule has 1 unspecified atom stereocenters. The quantitative estimate of drug-likeness (QED) is 0.870. The van der Waals surface area contributed by atoms with Crippen molar-refractivity contribution in [2.45, 2.75) is 25.3 Å². The van der Waals surface area contributed by atoms with Gasteiger partial charge in [0.2, 0.25) is 0 Å². The highest BCUT2D eigenvalue weighted by Crippen LogP contribution is 2.20. The van der Waals surface area contributed by atoms with Crippen LogP contribution in [-0.4, -0.2) is 38.2 Å². The Hall–Kier alpha value is -1.22. The molecule has 1 atom stereocenters. The largest absolute Gasteiger partial charge is 0.497 e. The second-order valence-corrected chi connectivity index (χ2v) is 4.81. The van der Waals surface area contributed by atoms with E-state index in [9.17, 15) is 0 Å². The molecular formula is C14H22N2O. The second kappa shape index (κ2) is 5.92.